The second-order valence-electron chi connectivity index (χ2n) is 4.10. The van der Waals surface area contributed by atoms with Crippen LogP contribution >= 0.6 is 24.8 Å². The molecule has 0 radical (unpaired) electrons. The van der Waals surface area contributed by atoms with Gasteiger partial charge in [-0.1, -0.05) is 0 Å². The number of nitrogens with two attached hydrogens (primary N) is 1. The van der Waals surface area contributed by atoms with Gasteiger partial charge in [0, 0.05) is 11.2 Å². The standard InChI is InChI=1S/C9H15N3.2ClH/c1-6-7-5-9(2,10)4-3-8(7)12-11-6;;/h3-5,10H2,1-2H3,(H,11,12);2*1H. The van der Waals surface area contributed by atoms with Gasteiger partial charge in [-0.15, -0.1) is 24.8 Å². The van der Waals surface area contributed by atoms with Crippen molar-refractivity contribution < 1.29 is 0 Å². The largest absolute Gasteiger partial charge is 0.325 e. The van der Waals surface area contributed by atoms with E-state index >= 15 is 0 Å². The summed E-state index contributed by atoms with van der Waals surface area (Å²) in [4.78, 5) is 0. The van der Waals surface area contributed by atoms with Crippen LogP contribution in [-0.4, -0.2) is 15.7 Å². The maximum atomic E-state index is 6.08. The van der Waals surface area contributed by atoms with Crippen LogP contribution in [-0.2, 0) is 12.8 Å². The number of aryl methyl sites for hydroxylation is 2. The summed E-state index contributed by atoms with van der Waals surface area (Å²) in [6, 6.07) is 0. The van der Waals surface area contributed by atoms with Crippen LogP contribution in [0.3, 0.4) is 0 Å². The highest BCUT2D eigenvalue weighted by atomic mass is 35.5. The normalized spacial score (nSPS) is 24.5. The van der Waals surface area contributed by atoms with Gasteiger partial charge in [-0.25, -0.2) is 0 Å². The Balaban J connectivity index is 0.000000845. The van der Waals surface area contributed by atoms with E-state index in [-0.39, 0.29) is 30.4 Å². The Bertz CT molecular complexity index is 307. The van der Waals surface area contributed by atoms with Crippen LogP contribution in [0.4, 0.5) is 0 Å². The fourth-order valence-electron chi connectivity index (χ4n) is 1.84. The lowest BCUT2D eigenvalue weighted by molar-refractivity contribution is 0.406. The van der Waals surface area contributed by atoms with Gasteiger partial charge < -0.3 is 5.73 Å². The van der Waals surface area contributed by atoms with Gasteiger partial charge in [-0.2, -0.15) is 5.10 Å². The number of rotatable bonds is 0. The predicted molar refractivity (Wildman–Crippen MR) is 62.4 cm³/mol. The molecule has 0 spiro atoms. The molecule has 1 unspecified atom stereocenters. The molecule has 0 aliphatic heterocycles. The molecular formula is C9H17Cl2N3. The zero-order chi connectivity index (χ0) is 8.77. The van der Waals surface area contributed by atoms with Gasteiger partial charge in [0.1, 0.15) is 0 Å². The number of halogens is 2. The number of H-pyrrole nitrogens is 1. The summed E-state index contributed by atoms with van der Waals surface area (Å²) < 4.78 is 0. The summed E-state index contributed by atoms with van der Waals surface area (Å²) in [5.74, 6) is 0. The van der Waals surface area contributed by atoms with Crippen LogP contribution < -0.4 is 5.73 Å². The van der Waals surface area contributed by atoms with Gasteiger partial charge in [0.2, 0.25) is 0 Å². The first-order valence-corrected chi connectivity index (χ1v) is 4.40. The second-order valence-corrected chi connectivity index (χ2v) is 4.10. The Morgan fingerprint density at radius 1 is 1.43 bits per heavy atom. The third kappa shape index (κ3) is 2.41. The van der Waals surface area contributed by atoms with E-state index in [2.05, 4.69) is 24.0 Å². The molecule has 1 aromatic rings. The second kappa shape index (κ2) is 4.51. The molecule has 1 heterocycles. The van der Waals surface area contributed by atoms with Gasteiger partial charge in [-0.05, 0) is 38.7 Å². The first-order chi connectivity index (χ1) is 5.58. The van der Waals surface area contributed by atoms with E-state index in [4.69, 9.17) is 5.73 Å². The van der Waals surface area contributed by atoms with Crippen LogP contribution in [0.25, 0.3) is 0 Å². The average Bonchev–Trinajstić information content (AvgIpc) is 2.31. The molecule has 0 bridgehead atoms. The first-order valence-electron chi connectivity index (χ1n) is 4.40. The Kier molecular flexibility index (Phi) is 4.43. The number of nitrogens with one attached hydrogen (secondary N) is 1. The summed E-state index contributed by atoms with van der Waals surface area (Å²) >= 11 is 0. The van der Waals surface area contributed by atoms with Crippen molar-refractivity contribution in [3.05, 3.63) is 17.0 Å². The lowest BCUT2D eigenvalue weighted by Gasteiger charge is -2.28. The number of hydrogen-bond acceptors (Lipinski definition) is 2. The molecule has 1 atom stereocenters. The number of hydrogen-bond donors (Lipinski definition) is 2. The zero-order valence-electron chi connectivity index (χ0n) is 8.46. The minimum absolute atomic E-state index is 0. The summed E-state index contributed by atoms with van der Waals surface area (Å²) in [6.07, 6.45) is 3.03. The molecule has 3 nitrogen and oxygen atoms in total. The molecule has 2 rings (SSSR count). The smallest absolute Gasteiger partial charge is 0.0658 e. The Hall–Kier alpha value is -0.250. The predicted octanol–water partition coefficient (Wildman–Crippen LogP) is 1.77. The molecule has 14 heavy (non-hydrogen) atoms. The van der Waals surface area contributed by atoms with Crippen LogP contribution in [0.1, 0.15) is 30.3 Å². The maximum Gasteiger partial charge on any atom is 0.0658 e. The fourth-order valence-corrected chi connectivity index (χ4v) is 1.84. The van der Waals surface area contributed by atoms with Crippen LogP contribution in [0.15, 0.2) is 0 Å². The van der Waals surface area contributed by atoms with Gasteiger partial charge in [0.05, 0.1) is 5.69 Å². The van der Waals surface area contributed by atoms with Gasteiger partial charge in [0.25, 0.3) is 0 Å². The van der Waals surface area contributed by atoms with Gasteiger partial charge in [-0.3, -0.25) is 5.10 Å². The van der Waals surface area contributed by atoms with E-state index in [1.165, 1.54) is 17.0 Å². The maximum absolute atomic E-state index is 6.08. The molecule has 0 aromatic carbocycles. The number of aromatic amines is 1. The van der Waals surface area contributed by atoms with E-state index in [1.54, 1.807) is 0 Å². The van der Waals surface area contributed by atoms with Crippen LogP contribution in [0.5, 0.6) is 0 Å². The van der Waals surface area contributed by atoms with Crippen molar-refractivity contribution in [2.75, 3.05) is 0 Å². The molecule has 82 valence electrons. The summed E-state index contributed by atoms with van der Waals surface area (Å²) in [7, 11) is 0. The lowest BCUT2D eigenvalue weighted by atomic mass is 9.82. The highest BCUT2D eigenvalue weighted by Crippen LogP contribution is 2.26. The van der Waals surface area contributed by atoms with Crippen LogP contribution in [0.2, 0.25) is 0 Å². The van der Waals surface area contributed by atoms with Gasteiger partial charge >= 0.3 is 0 Å². The van der Waals surface area contributed by atoms with E-state index in [1.807, 2.05) is 0 Å². The fraction of sp³-hybridized carbons (Fsp3) is 0.667. The van der Waals surface area contributed by atoms with Crippen LogP contribution in [0, 0.1) is 6.92 Å². The lowest BCUT2D eigenvalue weighted by Crippen LogP contribution is -2.41. The molecule has 0 amide bonds. The Morgan fingerprint density at radius 3 is 2.71 bits per heavy atom. The van der Waals surface area contributed by atoms with E-state index in [0.717, 1.165) is 19.3 Å². The molecule has 3 N–H and O–H groups in total. The van der Waals surface area contributed by atoms with Crippen molar-refractivity contribution in [1.29, 1.82) is 0 Å². The Morgan fingerprint density at radius 2 is 2.07 bits per heavy atom. The van der Waals surface area contributed by atoms with Crippen molar-refractivity contribution in [3.63, 3.8) is 0 Å². The topological polar surface area (TPSA) is 54.7 Å². The minimum Gasteiger partial charge on any atom is -0.325 e. The SMILES string of the molecule is Cc1[nH]nc2c1CC(C)(N)CC2.Cl.Cl. The molecule has 1 aliphatic rings. The molecule has 5 heteroatoms. The molecule has 0 fully saturated rings. The summed E-state index contributed by atoms with van der Waals surface area (Å²) in [5.41, 5.74) is 9.79. The minimum atomic E-state index is -0.0262. The number of nitrogens with zero attached hydrogens (tertiary/aromatic N) is 1. The third-order valence-corrected chi connectivity index (χ3v) is 2.67. The molecule has 1 aromatic heterocycles. The van der Waals surface area contributed by atoms with Gasteiger partial charge in [0.15, 0.2) is 0 Å². The van der Waals surface area contributed by atoms with Crippen molar-refractivity contribution in [3.8, 4) is 0 Å². The summed E-state index contributed by atoms with van der Waals surface area (Å²) in [6.45, 7) is 4.18. The molecule has 0 saturated carbocycles. The number of aromatic nitrogens is 2. The Labute approximate surface area is 96.7 Å². The monoisotopic (exact) mass is 237 g/mol. The van der Waals surface area contributed by atoms with Crippen molar-refractivity contribution in [2.45, 2.75) is 38.6 Å². The van der Waals surface area contributed by atoms with Crippen molar-refractivity contribution in [1.82, 2.24) is 10.2 Å². The first kappa shape index (κ1) is 13.8. The molecular weight excluding hydrogens is 221 g/mol. The number of fused-ring (bicyclic) bond motifs is 1. The average molecular weight is 238 g/mol. The van der Waals surface area contributed by atoms with Crippen molar-refractivity contribution in [2.24, 2.45) is 5.73 Å². The zero-order valence-corrected chi connectivity index (χ0v) is 10.1. The highest BCUT2D eigenvalue weighted by Gasteiger charge is 2.28. The quantitative estimate of drug-likeness (QED) is 0.723. The third-order valence-electron chi connectivity index (χ3n) is 2.67. The molecule has 1 aliphatic carbocycles. The van der Waals surface area contributed by atoms with Crippen molar-refractivity contribution >= 4 is 24.8 Å². The van der Waals surface area contributed by atoms with E-state index in [0.29, 0.717) is 0 Å². The van der Waals surface area contributed by atoms with E-state index in [9.17, 15) is 0 Å². The molecule has 0 saturated heterocycles. The summed E-state index contributed by atoms with van der Waals surface area (Å²) in [5, 5.41) is 7.25. The van der Waals surface area contributed by atoms with E-state index < -0.39 is 0 Å². The highest BCUT2D eigenvalue weighted by molar-refractivity contribution is 5.85.